The molecular weight excluding hydrogens is 324 g/mol. The standard InChI is InChI=1S/C11H9ClN2O2S3/c12-7-3-4-8(11(13)17)9(6-7)14-19(15,16)10-2-1-5-18-10/h1-6,14H,(H2,13,17). The van der Waals surface area contributed by atoms with Gasteiger partial charge in [0, 0.05) is 10.6 Å². The zero-order valence-electron chi connectivity index (χ0n) is 9.46. The molecule has 0 aliphatic carbocycles. The van der Waals surface area contributed by atoms with Crippen LogP contribution in [0, 0.1) is 0 Å². The third kappa shape index (κ3) is 3.24. The molecule has 8 heteroatoms. The average molecular weight is 333 g/mol. The summed E-state index contributed by atoms with van der Waals surface area (Å²) in [6.07, 6.45) is 0. The van der Waals surface area contributed by atoms with Gasteiger partial charge in [0.2, 0.25) is 0 Å². The van der Waals surface area contributed by atoms with Crippen molar-refractivity contribution >= 4 is 55.9 Å². The van der Waals surface area contributed by atoms with Crippen LogP contribution in [0.5, 0.6) is 0 Å². The van der Waals surface area contributed by atoms with Crippen molar-refractivity contribution in [3.05, 3.63) is 46.3 Å². The van der Waals surface area contributed by atoms with Gasteiger partial charge in [-0.2, -0.15) is 0 Å². The number of nitrogens with one attached hydrogen (secondary N) is 1. The minimum atomic E-state index is -3.65. The van der Waals surface area contributed by atoms with Gasteiger partial charge >= 0.3 is 0 Å². The monoisotopic (exact) mass is 332 g/mol. The van der Waals surface area contributed by atoms with E-state index in [9.17, 15) is 8.42 Å². The third-order valence-electron chi connectivity index (χ3n) is 2.25. The molecular formula is C11H9ClN2O2S3. The molecule has 100 valence electrons. The molecule has 0 unspecified atom stereocenters. The molecule has 2 aromatic rings. The number of anilines is 1. The smallest absolute Gasteiger partial charge is 0.271 e. The first kappa shape index (κ1) is 14.3. The summed E-state index contributed by atoms with van der Waals surface area (Å²) in [7, 11) is -3.65. The molecule has 4 nitrogen and oxygen atoms in total. The minimum Gasteiger partial charge on any atom is -0.389 e. The highest BCUT2D eigenvalue weighted by molar-refractivity contribution is 7.94. The van der Waals surface area contributed by atoms with E-state index in [1.54, 1.807) is 23.6 Å². The molecule has 0 spiro atoms. The topological polar surface area (TPSA) is 72.2 Å². The van der Waals surface area contributed by atoms with E-state index < -0.39 is 10.0 Å². The summed E-state index contributed by atoms with van der Waals surface area (Å²) < 4.78 is 26.9. The van der Waals surface area contributed by atoms with E-state index in [1.807, 2.05) is 0 Å². The van der Waals surface area contributed by atoms with Gasteiger partial charge in [-0.05, 0) is 29.6 Å². The second-order valence-electron chi connectivity index (χ2n) is 3.59. The number of thiocarbonyl (C=S) groups is 1. The normalized spacial score (nSPS) is 11.2. The Morgan fingerprint density at radius 1 is 1.37 bits per heavy atom. The summed E-state index contributed by atoms with van der Waals surface area (Å²) in [5, 5.41) is 2.07. The Balaban J connectivity index is 2.44. The Labute approximate surface area is 125 Å². The van der Waals surface area contributed by atoms with Gasteiger partial charge in [-0.1, -0.05) is 29.9 Å². The Hall–Kier alpha value is -1.15. The van der Waals surface area contributed by atoms with Crippen LogP contribution >= 0.6 is 35.2 Å². The number of hydrogen-bond acceptors (Lipinski definition) is 4. The highest BCUT2D eigenvalue weighted by Crippen LogP contribution is 2.25. The summed E-state index contributed by atoms with van der Waals surface area (Å²) in [6.45, 7) is 0. The number of rotatable bonds is 4. The third-order valence-corrected chi connectivity index (χ3v) is 5.47. The molecule has 1 aromatic carbocycles. The Morgan fingerprint density at radius 3 is 2.68 bits per heavy atom. The maximum Gasteiger partial charge on any atom is 0.271 e. The highest BCUT2D eigenvalue weighted by Gasteiger charge is 2.17. The van der Waals surface area contributed by atoms with Gasteiger partial charge < -0.3 is 5.73 Å². The number of benzene rings is 1. The van der Waals surface area contributed by atoms with Crippen molar-refractivity contribution in [3.8, 4) is 0 Å². The van der Waals surface area contributed by atoms with Gasteiger partial charge in [-0.25, -0.2) is 8.42 Å². The number of halogens is 1. The molecule has 3 N–H and O–H groups in total. The van der Waals surface area contributed by atoms with Crippen LogP contribution in [-0.2, 0) is 10.0 Å². The van der Waals surface area contributed by atoms with E-state index in [0.717, 1.165) is 11.3 Å². The van der Waals surface area contributed by atoms with Crippen molar-refractivity contribution in [1.29, 1.82) is 0 Å². The van der Waals surface area contributed by atoms with E-state index in [4.69, 9.17) is 29.6 Å². The van der Waals surface area contributed by atoms with E-state index >= 15 is 0 Å². The van der Waals surface area contributed by atoms with Crippen LogP contribution in [0.1, 0.15) is 5.56 Å². The molecule has 0 atom stereocenters. The van der Waals surface area contributed by atoms with E-state index in [1.165, 1.54) is 12.1 Å². The van der Waals surface area contributed by atoms with Crippen LogP contribution in [-0.4, -0.2) is 13.4 Å². The summed E-state index contributed by atoms with van der Waals surface area (Å²) in [4.78, 5) is 0.0977. The number of hydrogen-bond donors (Lipinski definition) is 2. The molecule has 0 radical (unpaired) electrons. The van der Waals surface area contributed by atoms with Gasteiger partial charge in [0.05, 0.1) is 5.69 Å². The van der Waals surface area contributed by atoms with Crippen LogP contribution in [0.2, 0.25) is 5.02 Å². The van der Waals surface area contributed by atoms with Gasteiger partial charge in [0.25, 0.3) is 10.0 Å². The van der Waals surface area contributed by atoms with Crippen LogP contribution in [0.15, 0.2) is 39.9 Å². The van der Waals surface area contributed by atoms with Crippen LogP contribution < -0.4 is 10.5 Å². The second-order valence-corrected chi connectivity index (χ2v) is 7.32. The predicted molar refractivity (Wildman–Crippen MR) is 82.5 cm³/mol. The molecule has 0 aliphatic heterocycles. The summed E-state index contributed by atoms with van der Waals surface area (Å²) in [6, 6.07) is 7.82. The van der Waals surface area contributed by atoms with Crippen LogP contribution in [0.4, 0.5) is 5.69 Å². The quantitative estimate of drug-likeness (QED) is 0.844. The average Bonchev–Trinajstić information content (AvgIpc) is 2.81. The van der Waals surface area contributed by atoms with Gasteiger partial charge in [0.15, 0.2) is 0 Å². The molecule has 0 fully saturated rings. The van der Waals surface area contributed by atoms with Crippen LogP contribution in [0.25, 0.3) is 0 Å². The van der Waals surface area contributed by atoms with E-state index in [2.05, 4.69) is 4.72 Å². The lowest BCUT2D eigenvalue weighted by Gasteiger charge is -2.11. The maximum absolute atomic E-state index is 12.1. The summed E-state index contributed by atoms with van der Waals surface area (Å²) in [5.74, 6) is 0. The number of nitrogens with two attached hydrogens (primary N) is 1. The zero-order chi connectivity index (χ0) is 14.0. The van der Waals surface area contributed by atoms with Crippen molar-refractivity contribution in [1.82, 2.24) is 0 Å². The molecule has 0 bridgehead atoms. The summed E-state index contributed by atoms with van der Waals surface area (Å²) >= 11 is 11.9. The molecule has 0 amide bonds. The van der Waals surface area contributed by atoms with Gasteiger partial charge in [-0.15, -0.1) is 11.3 Å². The first-order chi connectivity index (χ1) is 8.90. The van der Waals surface area contributed by atoms with Crippen molar-refractivity contribution in [3.63, 3.8) is 0 Å². The van der Waals surface area contributed by atoms with Crippen molar-refractivity contribution in [2.24, 2.45) is 5.73 Å². The molecule has 0 saturated carbocycles. The largest absolute Gasteiger partial charge is 0.389 e. The van der Waals surface area contributed by atoms with Crippen molar-refractivity contribution in [2.75, 3.05) is 4.72 Å². The van der Waals surface area contributed by atoms with Crippen LogP contribution in [0.3, 0.4) is 0 Å². The van der Waals surface area contributed by atoms with E-state index in [-0.39, 0.29) is 14.9 Å². The Bertz CT molecular complexity index is 712. The predicted octanol–water partition coefficient (Wildman–Crippen LogP) is 2.84. The lowest BCUT2D eigenvalue weighted by Crippen LogP contribution is -2.17. The highest BCUT2D eigenvalue weighted by atomic mass is 35.5. The van der Waals surface area contributed by atoms with Crippen molar-refractivity contribution < 1.29 is 8.42 Å². The number of sulfonamides is 1. The first-order valence-electron chi connectivity index (χ1n) is 5.06. The lowest BCUT2D eigenvalue weighted by molar-refractivity contribution is 0.603. The van der Waals surface area contributed by atoms with Gasteiger partial charge in [0.1, 0.15) is 9.20 Å². The maximum atomic E-state index is 12.1. The minimum absolute atomic E-state index is 0.0977. The summed E-state index contributed by atoms with van der Waals surface area (Å²) in [5.41, 5.74) is 6.26. The molecule has 19 heavy (non-hydrogen) atoms. The molecule has 1 heterocycles. The van der Waals surface area contributed by atoms with Gasteiger partial charge in [-0.3, -0.25) is 4.72 Å². The molecule has 0 saturated heterocycles. The SMILES string of the molecule is NC(=S)c1ccc(Cl)cc1NS(=O)(=O)c1cccs1. The molecule has 1 aromatic heterocycles. The number of thiophene rings is 1. The second kappa shape index (κ2) is 5.46. The Morgan fingerprint density at radius 2 is 2.11 bits per heavy atom. The molecule has 2 rings (SSSR count). The fraction of sp³-hybridized carbons (Fsp3) is 0. The fourth-order valence-electron chi connectivity index (χ4n) is 1.43. The molecule has 0 aliphatic rings. The van der Waals surface area contributed by atoms with E-state index in [0.29, 0.717) is 10.6 Å². The first-order valence-corrected chi connectivity index (χ1v) is 8.21. The Kier molecular flexibility index (Phi) is 4.10. The van der Waals surface area contributed by atoms with Crippen molar-refractivity contribution in [2.45, 2.75) is 4.21 Å². The lowest BCUT2D eigenvalue weighted by atomic mass is 10.2. The zero-order valence-corrected chi connectivity index (χ0v) is 12.7. The fourth-order valence-corrected chi connectivity index (χ4v) is 3.84.